The predicted molar refractivity (Wildman–Crippen MR) is 125 cm³/mol. The van der Waals surface area contributed by atoms with Crippen molar-refractivity contribution in [3.05, 3.63) is 54.6 Å². The number of thioether (sulfide) groups is 1. The number of nitrogens with one attached hydrogen (secondary N) is 1. The normalized spacial score (nSPS) is 11.0. The Balaban J connectivity index is 0.00000364. The maximum atomic E-state index is 4.74. The summed E-state index contributed by atoms with van der Waals surface area (Å²) >= 11 is 1.75. The van der Waals surface area contributed by atoms with E-state index in [2.05, 4.69) is 69.0 Å². The van der Waals surface area contributed by atoms with Gasteiger partial charge in [-0.05, 0) is 24.0 Å². The number of hydrogen-bond donors (Lipinski definition) is 1. The van der Waals surface area contributed by atoms with Crippen molar-refractivity contribution in [2.75, 3.05) is 26.4 Å². The molecule has 0 aliphatic heterocycles. The van der Waals surface area contributed by atoms with Crippen LogP contribution in [-0.2, 0) is 19.5 Å². The van der Waals surface area contributed by atoms with Crippen LogP contribution < -0.4 is 5.32 Å². The molecular weight excluding hydrogens is 471 g/mol. The molecule has 6 nitrogen and oxygen atoms in total. The molecule has 27 heavy (non-hydrogen) atoms. The minimum atomic E-state index is 0. The smallest absolute Gasteiger partial charge is 0.194 e. The van der Waals surface area contributed by atoms with Gasteiger partial charge in [-0.2, -0.15) is 0 Å². The topological polar surface area (TPSA) is 58.3 Å². The molecular formula is C19H29IN6S. The van der Waals surface area contributed by atoms with Gasteiger partial charge in [0, 0.05) is 38.0 Å². The first-order chi connectivity index (χ1) is 12.7. The van der Waals surface area contributed by atoms with E-state index in [1.54, 1.807) is 18.1 Å². The highest BCUT2D eigenvalue weighted by molar-refractivity contribution is 14.0. The van der Waals surface area contributed by atoms with E-state index < -0.39 is 0 Å². The second-order valence-corrected chi connectivity index (χ2v) is 6.75. The molecule has 0 fully saturated rings. The third-order valence-corrected chi connectivity index (χ3v) is 4.70. The van der Waals surface area contributed by atoms with Crippen molar-refractivity contribution >= 4 is 41.7 Å². The Morgan fingerprint density at radius 3 is 2.74 bits per heavy atom. The van der Waals surface area contributed by atoms with Gasteiger partial charge in [-0.15, -0.1) is 52.5 Å². The predicted octanol–water partition coefficient (Wildman–Crippen LogP) is 3.44. The fourth-order valence-electron chi connectivity index (χ4n) is 2.56. The Morgan fingerprint density at radius 1 is 1.37 bits per heavy atom. The van der Waals surface area contributed by atoms with Crippen LogP contribution in [0.5, 0.6) is 0 Å². The summed E-state index contributed by atoms with van der Waals surface area (Å²) in [7, 11) is 2.05. The van der Waals surface area contributed by atoms with Crippen molar-refractivity contribution in [3.63, 3.8) is 0 Å². The number of aliphatic imine (C=N–C) groups is 1. The van der Waals surface area contributed by atoms with E-state index in [9.17, 15) is 0 Å². The lowest BCUT2D eigenvalue weighted by Crippen LogP contribution is -2.38. The molecule has 0 bridgehead atoms. The fraction of sp³-hybridized carbons (Fsp3) is 0.421. The van der Waals surface area contributed by atoms with E-state index in [1.165, 1.54) is 10.5 Å². The van der Waals surface area contributed by atoms with E-state index in [4.69, 9.17) is 4.99 Å². The maximum absolute atomic E-state index is 4.74. The molecule has 1 N–H and O–H groups in total. The van der Waals surface area contributed by atoms with Crippen LogP contribution in [0, 0.1) is 0 Å². The highest BCUT2D eigenvalue weighted by Crippen LogP contribution is 2.15. The highest BCUT2D eigenvalue weighted by atomic mass is 127. The van der Waals surface area contributed by atoms with Crippen molar-refractivity contribution < 1.29 is 0 Å². The van der Waals surface area contributed by atoms with Crippen LogP contribution in [0.15, 0.2) is 53.1 Å². The van der Waals surface area contributed by atoms with Crippen molar-refractivity contribution in [3.8, 4) is 0 Å². The van der Waals surface area contributed by atoms with Gasteiger partial charge in [-0.25, -0.2) is 0 Å². The van der Waals surface area contributed by atoms with Gasteiger partial charge in [0.05, 0.1) is 6.54 Å². The number of halogens is 1. The summed E-state index contributed by atoms with van der Waals surface area (Å²) in [5.41, 5.74) is 1.26. The molecule has 0 saturated carbocycles. The first-order valence-electron chi connectivity index (χ1n) is 8.77. The minimum absolute atomic E-state index is 0. The van der Waals surface area contributed by atoms with Gasteiger partial charge < -0.3 is 14.8 Å². The van der Waals surface area contributed by atoms with Crippen molar-refractivity contribution in [2.24, 2.45) is 4.99 Å². The molecule has 2 aromatic rings. The minimum Gasteiger partial charge on any atom is -0.353 e. The molecule has 0 saturated heterocycles. The monoisotopic (exact) mass is 500 g/mol. The molecule has 0 spiro atoms. The molecule has 0 amide bonds. The zero-order valence-corrected chi connectivity index (χ0v) is 19.4. The molecule has 1 heterocycles. The van der Waals surface area contributed by atoms with Gasteiger partial charge in [0.2, 0.25) is 0 Å². The highest BCUT2D eigenvalue weighted by Gasteiger charge is 2.07. The zero-order valence-electron chi connectivity index (χ0n) is 16.3. The van der Waals surface area contributed by atoms with Crippen LogP contribution in [0.3, 0.4) is 0 Å². The molecule has 0 unspecified atom stereocenters. The van der Waals surface area contributed by atoms with Gasteiger partial charge in [0.15, 0.2) is 5.96 Å². The van der Waals surface area contributed by atoms with Crippen LogP contribution in [0.1, 0.15) is 18.3 Å². The van der Waals surface area contributed by atoms with E-state index >= 15 is 0 Å². The molecule has 2 rings (SSSR count). The number of hydrogen-bond acceptors (Lipinski definition) is 4. The summed E-state index contributed by atoms with van der Waals surface area (Å²) < 4.78 is 2.05. The summed E-state index contributed by atoms with van der Waals surface area (Å²) in [4.78, 5) is 8.15. The number of aromatic nitrogens is 3. The fourth-order valence-corrected chi connectivity index (χ4v) is 2.97. The first-order valence-corrected chi connectivity index (χ1v) is 10.00. The van der Waals surface area contributed by atoms with Crippen LogP contribution in [0.25, 0.3) is 0 Å². The number of nitrogens with zero attached hydrogens (tertiary/aromatic N) is 5. The molecule has 0 aliphatic carbocycles. The Kier molecular flexibility index (Phi) is 11.1. The number of benzene rings is 1. The molecule has 8 heteroatoms. The SMILES string of the molecule is C=CCNC(=NCCn1cnnc1CC)N(C)Cc1ccc(SC)cc1.I. The zero-order chi connectivity index (χ0) is 18.8. The average Bonchev–Trinajstić information content (AvgIpc) is 3.12. The largest absolute Gasteiger partial charge is 0.353 e. The first kappa shape index (κ1) is 23.5. The third-order valence-electron chi connectivity index (χ3n) is 3.96. The number of aryl methyl sites for hydroxylation is 1. The Labute approximate surface area is 183 Å². The maximum Gasteiger partial charge on any atom is 0.194 e. The summed E-state index contributed by atoms with van der Waals surface area (Å²) in [6.45, 7) is 8.77. The Hall–Kier alpha value is -1.55. The third kappa shape index (κ3) is 7.53. The second-order valence-electron chi connectivity index (χ2n) is 5.87. The molecule has 1 aromatic heterocycles. The van der Waals surface area contributed by atoms with E-state index in [0.29, 0.717) is 13.1 Å². The summed E-state index contributed by atoms with van der Waals surface area (Å²) in [6, 6.07) is 8.64. The molecule has 0 aliphatic rings. The van der Waals surface area contributed by atoms with Crippen molar-refractivity contribution in [1.82, 2.24) is 25.0 Å². The summed E-state index contributed by atoms with van der Waals surface area (Å²) in [6.07, 6.45) is 6.57. The summed E-state index contributed by atoms with van der Waals surface area (Å²) in [5, 5.41) is 11.4. The molecule has 0 atom stereocenters. The van der Waals surface area contributed by atoms with Gasteiger partial charge in [-0.1, -0.05) is 25.1 Å². The van der Waals surface area contributed by atoms with Crippen LogP contribution in [0.2, 0.25) is 0 Å². The van der Waals surface area contributed by atoms with Crippen LogP contribution in [-0.4, -0.2) is 52.0 Å². The number of rotatable bonds is 9. The van der Waals surface area contributed by atoms with E-state index in [0.717, 1.165) is 31.3 Å². The van der Waals surface area contributed by atoms with Crippen molar-refractivity contribution in [1.29, 1.82) is 0 Å². The lowest BCUT2D eigenvalue weighted by atomic mass is 10.2. The Bertz CT molecular complexity index is 713. The van der Waals surface area contributed by atoms with Gasteiger partial charge in [0.1, 0.15) is 12.2 Å². The Morgan fingerprint density at radius 2 is 2.11 bits per heavy atom. The van der Waals surface area contributed by atoms with Crippen LogP contribution >= 0.6 is 35.7 Å². The lowest BCUT2D eigenvalue weighted by Gasteiger charge is -2.22. The van der Waals surface area contributed by atoms with Gasteiger partial charge in [0.25, 0.3) is 0 Å². The number of guanidine groups is 1. The lowest BCUT2D eigenvalue weighted by molar-refractivity contribution is 0.477. The van der Waals surface area contributed by atoms with Crippen molar-refractivity contribution in [2.45, 2.75) is 31.3 Å². The molecule has 148 valence electrons. The standard InChI is InChI=1S/C19H28N6S.HI/c1-5-11-20-19(21-12-13-25-15-22-23-18(25)6-2)24(3)14-16-7-9-17(26-4)10-8-16;/h5,7-10,15H,1,6,11-14H2,2-4H3,(H,20,21);1H. The molecule has 0 radical (unpaired) electrons. The van der Waals surface area contributed by atoms with E-state index in [-0.39, 0.29) is 24.0 Å². The van der Waals surface area contributed by atoms with Gasteiger partial charge >= 0.3 is 0 Å². The van der Waals surface area contributed by atoms with Crippen LogP contribution in [0.4, 0.5) is 0 Å². The summed E-state index contributed by atoms with van der Waals surface area (Å²) in [5.74, 6) is 1.85. The molecule has 1 aromatic carbocycles. The average molecular weight is 500 g/mol. The quantitative estimate of drug-likeness (QED) is 0.188. The second kappa shape index (κ2) is 12.8. The van der Waals surface area contributed by atoms with E-state index in [1.807, 2.05) is 13.1 Å². The van der Waals surface area contributed by atoms with Gasteiger partial charge in [-0.3, -0.25) is 4.99 Å².